The molecule has 1 heterocycles. The summed E-state index contributed by atoms with van der Waals surface area (Å²) >= 11 is 5.77. The second-order valence-electron chi connectivity index (χ2n) is 5.55. The van der Waals surface area contributed by atoms with Crippen LogP contribution in [0, 0.1) is 5.82 Å². The van der Waals surface area contributed by atoms with Crippen LogP contribution >= 0.6 is 11.6 Å². The largest absolute Gasteiger partial charge is 0.573 e. The summed E-state index contributed by atoms with van der Waals surface area (Å²) in [5.41, 5.74) is -0.159. The zero-order valence-electron chi connectivity index (χ0n) is 14.3. The lowest BCUT2D eigenvalue weighted by Crippen LogP contribution is -2.17. The average Bonchev–Trinajstić information content (AvgIpc) is 2.66. The lowest BCUT2D eigenvalue weighted by Gasteiger charge is -2.14. The van der Waals surface area contributed by atoms with Crippen molar-refractivity contribution in [2.45, 2.75) is 6.36 Å². The number of nitrogens with zero attached hydrogens (tertiary/aromatic N) is 1. The fraction of sp³-hybridized carbons (Fsp3) is 0.0526. The fourth-order valence-electron chi connectivity index (χ4n) is 2.30. The van der Waals surface area contributed by atoms with E-state index in [1.165, 1.54) is 36.7 Å². The van der Waals surface area contributed by atoms with Gasteiger partial charge in [0.15, 0.2) is 5.82 Å². The topological polar surface area (TPSA) is 60.5 Å². The minimum Gasteiger partial charge on any atom is -0.456 e. The van der Waals surface area contributed by atoms with Gasteiger partial charge in [0.25, 0.3) is 5.91 Å². The highest BCUT2D eigenvalue weighted by Gasteiger charge is 2.31. The van der Waals surface area contributed by atoms with Crippen molar-refractivity contribution >= 4 is 23.2 Å². The molecule has 10 heteroatoms. The second-order valence-corrected chi connectivity index (χ2v) is 5.96. The number of halogens is 5. The van der Waals surface area contributed by atoms with Crippen molar-refractivity contribution in [1.29, 1.82) is 0 Å². The van der Waals surface area contributed by atoms with Gasteiger partial charge in [0, 0.05) is 6.20 Å². The Labute approximate surface area is 166 Å². The Balaban J connectivity index is 1.86. The SMILES string of the molecule is O=C(Nc1cccnc1)c1c(Oc2ccc(OC(F)(F)F)cc2)ccc(Cl)c1F. The molecular weight excluding hydrogens is 416 g/mol. The molecule has 3 aromatic rings. The van der Waals surface area contributed by atoms with E-state index in [0.717, 1.165) is 12.1 Å². The van der Waals surface area contributed by atoms with E-state index >= 15 is 0 Å². The first kappa shape index (κ1) is 20.4. The van der Waals surface area contributed by atoms with Crippen molar-refractivity contribution in [1.82, 2.24) is 4.98 Å². The number of carbonyl (C=O) groups is 1. The Kier molecular flexibility index (Phi) is 5.88. The first-order valence-electron chi connectivity index (χ1n) is 7.96. The second kappa shape index (κ2) is 8.36. The summed E-state index contributed by atoms with van der Waals surface area (Å²) in [7, 11) is 0. The third-order valence-corrected chi connectivity index (χ3v) is 3.78. The molecule has 0 saturated carbocycles. The Bertz CT molecular complexity index is 1010. The summed E-state index contributed by atoms with van der Waals surface area (Å²) in [6, 6.07) is 9.97. The summed E-state index contributed by atoms with van der Waals surface area (Å²) in [5, 5.41) is 2.16. The van der Waals surface area contributed by atoms with Crippen molar-refractivity contribution < 1.29 is 31.8 Å². The number of hydrogen-bond donors (Lipinski definition) is 1. The van der Waals surface area contributed by atoms with Crippen LogP contribution in [0.3, 0.4) is 0 Å². The number of ether oxygens (including phenoxy) is 2. The molecule has 1 amide bonds. The number of pyridine rings is 1. The molecule has 0 aliphatic heterocycles. The monoisotopic (exact) mass is 426 g/mol. The van der Waals surface area contributed by atoms with Crippen molar-refractivity contribution in [3.8, 4) is 17.2 Å². The van der Waals surface area contributed by atoms with Crippen molar-refractivity contribution in [2.24, 2.45) is 0 Å². The standard InChI is InChI=1S/C19H11ClF4N2O3/c20-14-7-8-15(28-12-3-5-13(6-4-12)29-19(22,23)24)16(17(14)21)18(27)26-11-2-1-9-25-10-11/h1-10H,(H,26,27). The van der Waals surface area contributed by atoms with Gasteiger partial charge in [-0.15, -0.1) is 13.2 Å². The first-order chi connectivity index (χ1) is 13.7. The molecule has 0 unspecified atom stereocenters. The van der Waals surface area contributed by atoms with Gasteiger partial charge in [0.2, 0.25) is 0 Å². The minimum atomic E-state index is -4.83. The predicted octanol–water partition coefficient (Wildman–Crippen LogP) is 5.82. The zero-order valence-corrected chi connectivity index (χ0v) is 15.1. The average molecular weight is 427 g/mol. The van der Waals surface area contributed by atoms with Gasteiger partial charge in [-0.3, -0.25) is 9.78 Å². The van der Waals surface area contributed by atoms with Crippen LogP contribution in [0.25, 0.3) is 0 Å². The summed E-state index contributed by atoms with van der Waals surface area (Å²) in [6.07, 6.45) is -1.98. The van der Waals surface area contributed by atoms with Crippen LogP contribution in [-0.2, 0) is 0 Å². The quantitative estimate of drug-likeness (QED) is 0.522. The molecule has 150 valence electrons. The maximum absolute atomic E-state index is 14.5. The molecule has 0 bridgehead atoms. The van der Waals surface area contributed by atoms with Crippen molar-refractivity contribution in [3.63, 3.8) is 0 Å². The summed E-state index contributed by atoms with van der Waals surface area (Å²) in [6.45, 7) is 0. The van der Waals surface area contributed by atoms with E-state index in [9.17, 15) is 22.4 Å². The van der Waals surface area contributed by atoms with Gasteiger partial charge in [-0.05, 0) is 48.5 Å². The Morgan fingerprint density at radius 2 is 1.72 bits per heavy atom. The van der Waals surface area contributed by atoms with Gasteiger partial charge in [-0.1, -0.05) is 11.6 Å². The molecule has 0 atom stereocenters. The zero-order chi connectivity index (χ0) is 21.0. The van der Waals surface area contributed by atoms with Crippen LogP contribution in [0.4, 0.5) is 23.2 Å². The van der Waals surface area contributed by atoms with E-state index < -0.39 is 29.4 Å². The maximum Gasteiger partial charge on any atom is 0.573 e. The fourth-order valence-corrected chi connectivity index (χ4v) is 2.45. The molecule has 2 aromatic carbocycles. The molecule has 0 aliphatic rings. The number of anilines is 1. The molecule has 29 heavy (non-hydrogen) atoms. The number of carbonyl (C=O) groups excluding carboxylic acids is 1. The molecular formula is C19H11ClF4N2O3. The molecule has 1 aromatic heterocycles. The highest BCUT2D eigenvalue weighted by molar-refractivity contribution is 6.31. The minimum absolute atomic E-state index is 0.0525. The van der Waals surface area contributed by atoms with E-state index in [2.05, 4.69) is 15.0 Å². The van der Waals surface area contributed by atoms with E-state index in [-0.39, 0.29) is 16.5 Å². The smallest absolute Gasteiger partial charge is 0.456 e. The summed E-state index contributed by atoms with van der Waals surface area (Å²) < 4.78 is 60.5. The summed E-state index contributed by atoms with van der Waals surface area (Å²) in [5.74, 6) is -2.44. The number of hydrogen-bond acceptors (Lipinski definition) is 4. The lowest BCUT2D eigenvalue weighted by atomic mass is 10.1. The van der Waals surface area contributed by atoms with E-state index in [1.54, 1.807) is 12.1 Å². The Morgan fingerprint density at radius 1 is 1.03 bits per heavy atom. The lowest BCUT2D eigenvalue weighted by molar-refractivity contribution is -0.274. The van der Waals surface area contributed by atoms with Gasteiger partial charge in [-0.2, -0.15) is 0 Å². The normalized spacial score (nSPS) is 11.1. The van der Waals surface area contributed by atoms with Gasteiger partial charge >= 0.3 is 6.36 Å². The number of aromatic nitrogens is 1. The maximum atomic E-state index is 14.5. The molecule has 0 radical (unpaired) electrons. The van der Waals surface area contributed by atoms with Crippen molar-refractivity contribution in [3.05, 3.63) is 77.3 Å². The third-order valence-electron chi connectivity index (χ3n) is 3.49. The van der Waals surface area contributed by atoms with Crippen LogP contribution in [0.1, 0.15) is 10.4 Å². The number of benzene rings is 2. The molecule has 0 fully saturated rings. The van der Waals surface area contributed by atoms with Gasteiger partial charge < -0.3 is 14.8 Å². The first-order valence-corrected chi connectivity index (χ1v) is 8.34. The molecule has 3 rings (SSSR count). The summed E-state index contributed by atoms with van der Waals surface area (Å²) in [4.78, 5) is 16.4. The molecule has 0 saturated heterocycles. The van der Waals surface area contributed by atoms with Crippen LogP contribution in [-0.4, -0.2) is 17.3 Å². The number of rotatable bonds is 5. The molecule has 1 N–H and O–H groups in total. The predicted molar refractivity (Wildman–Crippen MR) is 96.8 cm³/mol. The van der Waals surface area contributed by atoms with E-state index in [0.29, 0.717) is 5.69 Å². The molecule has 5 nitrogen and oxygen atoms in total. The van der Waals surface area contributed by atoms with Crippen LogP contribution < -0.4 is 14.8 Å². The number of amides is 1. The molecule has 0 spiro atoms. The number of alkyl halides is 3. The van der Waals surface area contributed by atoms with E-state index in [4.69, 9.17) is 16.3 Å². The number of nitrogens with one attached hydrogen (secondary N) is 1. The van der Waals surface area contributed by atoms with Crippen LogP contribution in [0.2, 0.25) is 5.02 Å². The van der Waals surface area contributed by atoms with Gasteiger partial charge in [-0.25, -0.2) is 4.39 Å². The van der Waals surface area contributed by atoms with Gasteiger partial charge in [0.05, 0.1) is 16.9 Å². The van der Waals surface area contributed by atoms with Crippen LogP contribution in [0.5, 0.6) is 17.2 Å². The Hall–Kier alpha value is -3.33. The Morgan fingerprint density at radius 3 is 2.34 bits per heavy atom. The van der Waals surface area contributed by atoms with E-state index in [1.807, 2.05) is 0 Å². The third kappa shape index (κ3) is 5.35. The highest BCUT2D eigenvalue weighted by atomic mass is 35.5. The molecule has 0 aliphatic carbocycles. The van der Waals surface area contributed by atoms with Gasteiger partial charge in [0.1, 0.15) is 22.8 Å². The van der Waals surface area contributed by atoms with Crippen molar-refractivity contribution in [2.75, 3.05) is 5.32 Å². The van der Waals surface area contributed by atoms with Crippen LogP contribution in [0.15, 0.2) is 60.9 Å². The highest BCUT2D eigenvalue weighted by Crippen LogP contribution is 2.33.